The molecule has 0 saturated carbocycles. The zero-order valence-electron chi connectivity index (χ0n) is 17.3. The summed E-state index contributed by atoms with van der Waals surface area (Å²) in [5.41, 5.74) is 2.06. The number of aliphatic hydroxyl groups is 3. The van der Waals surface area contributed by atoms with Crippen LogP contribution in [-0.2, 0) is 23.8 Å². The third kappa shape index (κ3) is 5.47. The average molecular weight is 465 g/mol. The summed E-state index contributed by atoms with van der Waals surface area (Å²) < 4.78 is 34.1. The molecule has 3 N–H and O–H groups in total. The van der Waals surface area contributed by atoms with Crippen molar-refractivity contribution in [2.75, 3.05) is 25.6 Å². The molecule has 0 aliphatic carbocycles. The minimum Gasteiger partial charge on any atom is -0.455 e. The van der Waals surface area contributed by atoms with E-state index in [1.54, 1.807) is 12.1 Å². The highest BCUT2D eigenvalue weighted by Gasteiger charge is 2.46. The van der Waals surface area contributed by atoms with Crippen LogP contribution < -0.4 is 4.90 Å². The molecule has 0 amide bonds. The summed E-state index contributed by atoms with van der Waals surface area (Å²) in [6, 6.07) is 12.8. The molecule has 0 bridgehead atoms. The molecule has 12 heteroatoms. The van der Waals surface area contributed by atoms with Gasteiger partial charge in [-0.25, -0.2) is 4.79 Å². The Kier molecular flexibility index (Phi) is 7.21. The number of ether oxygens (including phenoxy) is 1. The number of rotatable bonds is 8. The maximum absolute atomic E-state index is 12.3. The number of nitrogens with zero attached hydrogens (tertiary/aromatic N) is 3. The number of anilines is 1. The van der Waals surface area contributed by atoms with Crippen LogP contribution in [0.2, 0.25) is 0 Å². The molecule has 172 valence electrons. The van der Waals surface area contributed by atoms with Crippen LogP contribution in [0.3, 0.4) is 0 Å². The second-order valence-electron chi connectivity index (χ2n) is 7.25. The molecule has 4 unspecified atom stereocenters. The van der Waals surface area contributed by atoms with Gasteiger partial charge in [-0.1, -0.05) is 0 Å². The second kappa shape index (κ2) is 9.71. The van der Waals surface area contributed by atoms with Crippen molar-refractivity contribution in [1.82, 2.24) is 0 Å². The maximum atomic E-state index is 12.3. The highest BCUT2D eigenvalue weighted by atomic mass is 32.2. The summed E-state index contributed by atoms with van der Waals surface area (Å²) in [7, 11) is -0.399. The molecule has 1 fully saturated rings. The summed E-state index contributed by atoms with van der Waals surface area (Å²) in [5.74, 6) is -1.11. The lowest BCUT2D eigenvalue weighted by Gasteiger charge is -2.19. The fourth-order valence-corrected chi connectivity index (χ4v) is 3.76. The molecule has 11 nitrogen and oxygen atoms in total. The predicted molar refractivity (Wildman–Crippen MR) is 112 cm³/mol. The predicted octanol–water partition coefficient (Wildman–Crippen LogP) is 0.881. The molecule has 0 radical (unpaired) electrons. The minimum atomic E-state index is -4.25. The van der Waals surface area contributed by atoms with Crippen LogP contribution >= 0.6 is 0 Å². The van der Waals surface area contributed by atoms with Crippen LogP contribution in [0.1, 0.15) is 0 Å². The van der Waals surface area contributed by atoms with E-state index in [0.717, 1.165) is 5.69 Å². The van der Waals surface area contributed by atoms with E-state index in [0.29, 0.717) is 11.4 Å². The van der Waals surface area contributed by atoms with Gasteiger partial charge in [0.1, 0.15) is 12.2 Å². The van der Waals surface area contributed by atoms with E-state index in [9.17, 15) is 28.5 Å². The Hall–Kier alpha value is -2.90. The summed E-state index contributed by atoms with van der Waals surface area (Å²) in [6.45, 7) is -0.783. The third-order valence-corrected chi connectivity index (χ3v) is 6.00. The molecule has 2 aromatic carbocycles. The lowest BCUT2D eigenvalue weighted by atomic mass is 10.1. The number of cyclic esters (lactones) is 1. The van der Waals surface area contributed by atoms with Crippen LogP contribution in [0.5, 0.6) is 0 Å². The molecule has 0 aromatic heterocycles. The fraction of sp³-hybridized carbons (Fsp3) is 0.350. The molecule has 1 saturated heterocycles. The van der Waals surface area contributed by atoms with Crippen LogP contribution in [0.25, 0.3) is 0 Å². The Bertz CT molecular complexity index is 1070. The molecule has 0 spiro atoms. The van der Waals surface area contributed by atoms with Crippen molar-refractivity contribution < 1.29 is 37.5 Å². The van der Waals surface area contributed by atoms with Gasteiger partial charge in [0, 0.05) is 19.8 Å². The maximum Gasteiger partial charge on any atom is 0.338 e. The third-order valence-electron chi connectivity index (χ3n) is 4.70. The van der Waals surface area contributed by atoms with Gasteiger partial charge in [-0.05, 0) is 48.5 Å². The lowest BCUT2D eigenvalue weighted by Crippen LogP contribution is -2.41. The second-order valence-corrected chi connectivity index (χ2v) is 8.86. The number of aliphatic hydroxyl groups excluding tert-OH is 3. The Morgan fingerprint density at radius 2 is 1.56 bits per heavy atom. The van der Waals surface area contributed by atoms with Gasteiger partial charge in [-0.2, -0.15) is 18.6 Å². The molecule has 4 atom stereocenters. The van der Waals surface area contributed by atoms with E-state index in [1.807, 2.05) is 31.1 Å². The Morgan fingerprint density at radius 1 is 1.03 bits per heavy atom. The van der Waals surface area contributed by atoms with Gasteiger partial charge in [-0.3, -0.25) is 4.18 Å². The van der Waals surface area contributed by atoms with Crippen molar-refractivity contribution >= 4 is 33.1 Å². The zero-order valence-corrected chi connectivity index (χ0v) is 18.1. The molecule has 3 rings (SSSR count). The highest BCUT2D eigenvalue weighted by molar-refractivity contribution is 7.86. The Labute approximate surface area is 184 Å². The van der Waals surface area contributed by atoms with Crippen LogP contribution in [0.15, 0.2) is 63.7 Å². The van der Waals surface area contributed by atoms with E-state index in [2.05, 4.69) is 15.0 Å². The summed E-state index contributed by atoms with van der Waals surface area (Å²) in [5, 5.41) is 37.1. The number of hydrogen-bond donors (Lipinski definition) is 3. The van der Waals surface area contributed by atoms with Crippen LogP contribution in [0, 0.1) is 0 Å². The Balaban J connectivity index is 1.60. The molecule has 1 heterocycles. The smallest absolute Gasteiger partial charge is 0.338 e. The van der Waals surface area contributed by atoms with Gasteiger partial charge < -0.3 is 25.0 Å². The highest BCUT2D eigenvalue weighted by Crippen LogP contribution is 2.24. The lowest BCUT2D eigenvalue weighted by molar-refractivity contribution is -0.151. The first-order valence-electron chi connectivity index (χ1n) is 9.52. The summed E-state index contributed by atoms with van der Waals surface area (Å²) in [4.78, 5) is 13.0. The van der Waals surface area contributed by atoms with Gasteiger partial charge in [0.05, 0.1) is 22.9 Å². The van der Waals surface area contributed by atoms with Gasteiger partial charge in [0.25, 0.3) is 10.1 Å². The van der Waals surface area contributed by atoms with E-state index in [1.165, 1.54) is 24.3 Å². The van der Waals surface area contributed by atoms with Crippen molar-refractivity contribution in [3.05, 3.63) is 48.5 Å². The molecule has 32 heavy (non-hydrogen) atoms. The fourth-order valence-electron chi connectivity index (χ4n) is 2.83. The van der Waals surface area contributed by atoms with Gasteiger partial charge in [0.15, 0.2) is 12.2 Å². The largest absolute Gasteiger partial charge is 0.455 e. The summed E-state index contributed by atoms with van der Waals surface area (Å²) >= 11 is 0. The van der Waals surface area contributed by atoms with E-state index in [4.69, 9.17) is 4.18 Å². The Morgan fingerprint density at radius 3 is 2.03 bits per heavy atom. The van der Waals surface area contributed by atoms with Crippen molar-refractivity contribution in [2.45, 2.75) is 29.3 Å². The van der Waals surface area contributed by atoms with Crippen molar-refractivity contribution in [2.24, 2.45) is 10.2 Å². The molecular weight excluding hydrogens is 442 g/mol. The summed E-state index contributed by atoms with van der Waals surface area (Å²) in [6.07, 6.45) is -6.65. The van der Waals surface area contributed by atoms with Gasteiger partial charge in [0.2, 0.25) is 0 Å². The first-order chi connectivity index (χ1) is 15.1. The molecule has 1 aliphatic heterocycles. The monoisotopic (exact) mass is 465 g/mol. The van der Waals surface area contributed by atoms with E-state index >= 15 is 0 Å². The number of esters is 1. The van der Waals surface area contributed by atoms with E-state index in [-0.39, 0.29) is 4.90 Å². The first kappa shape index (κ1) is 23.8. The topological polar surface area (TPSA) is 158 Å². The van der Waals surface area contributed by atoms with Gasteiger partial charge >= 0.3 is 5.97 Å². The number of carbonyl (C=O) groups is 1. The van der Waals surface area contributed by atoms with Crippen molar-refractivity contribution in [3.8, 4) is 0 Å². The minimum absolute atomic E-state index is 0.192. The number of benzene rings is 2. The zero-order chi connectivity index (χ0) is 23.5. The SMILES string of the molecule is CN(C)c1ccc(N=Nc2ccc(S(=O)(=O)OCC(O)C3OC(=O)C(O)C3O)cc2)cc1. The molecule has 2 aromatic rings. The molecular formula is C20H23N3O8S. The van der Waals surface area contributed by atoms with Gasteiger partial charge in [-0.15, -0.1) is 0 Å². The number of azo groups is 1. The van der Waals surface area contributed by atoms with Crippen LogP contribution in [-0.4, -0.2) is 74.8 Å². The normalized spacial score (nSPS) is 22.2. The van der Waals surface area contributed by atoms with Crippen molar-refractivity contribution in [1.29, 1.82) is 0 Å². The quantitative estimate of drug-likeness (QED) is 0.292. The number of hydrogen-bond acceptors (Lipinski definition) is 11. The van der Waals surface area contributed by atoms with Crippen LogP contribution in [0.4, 0.5) is 17.1 Å². The first-order valence-corrected chi connectivity index (χ1v) is 10.9. The number of carbonyl (C=O) groups excluding carboxylic acids is 1. The standard InChI is InChI=1S/C20H23N3O8S/c1-23(2)14-7-3-12(4-8-14)21-22-13-5-9-15(10-6-13)32(28,29)30-11-16(24)19-17(25)18(26)20(27)31-19/h3-10,16-19,24-26H,11H2,1-2H3. The molecule has 1 aliphatic rings. The van der Waals surface area contributed by atoms with E-state index < -0.39 is 47.1 Å². The van der Waals surface area contributed by atoms with Crippen molar-refractivity contribution in [3.63, 3.8) is 0 Å². The average Bonchev–Trinajstić information content (AvgIpc) is 3.04.